The average molecular weight is 294 g/mol. The number of aromatic carboxylic acids is 1. The number of hydrogen-bond acceptors (Lipinski definition) is 5. The van der Waals surface area contributed by atoms with Gasteiger partial charge in [0.15, 0.2) is 5.58 Å². The predicted molar refractivity (Wildman–Crippen MR) is 79.5 cm³/mol. The fourth-order valence-corrected chi connectivity index (χ4v) is 2.74. The van der Waals surface area contributed by atoms with Gasteiger partial charge in [-0.2, -0.15) is 0 Å². The molecule has 0 spiro atoms. The van der Waals surface area contributed by atoms with Gasteiger partial charge in [-0.25, -0.2) is 9.78 Å². The molecule has 108 valence electrons. The average Bonchev–Trinajstić information content (AvgIpc) is 2.85. The third kappa shape index (κ3) is 3.52. The monoisotopic (exact) mass is 294 g/mol. The molecule has 0 aliphatic carbocycles. The maximum Gasteiger partial charge on any atom is 0.335 e. The number of carboxylic acids is 1. The fourth-order valence-electron chi connectivity index (χ4n) is 1.90. The summed E-state index contributed by atoms with van der Waals surface area (Å²) in [6.45, 7) is 7.33. The normalized spacial score (nSPS) is 11.3. The van der Waals surface area contributed by atoms with Crippen LogP contribution in [-0.4, -0.2) is 46.3 Å². The van der Waals surface area contributed by atoms with Crippen LogP contribution < -0.4 is 0 Å². The summed E-state index contributed by atoms with van der Waals surface area (Å²) in [5, 5.41) is 9.53. The SMILES string of the molecule is CCN(CC)CCSc1nc2ccc(C(=O)O)cc2o1. The molecule has 20 heavy (non-hydrogen) atoms. The Bertz CT molecular complexity index is 593. The first kappa shape index (κ1) is 14.9. The minimum atomic E-state index is -0.959. The zero-order chi connectivity index (χ0) is 14.5. The maximum absolute atomic E-state index is 10.9. The number of rotatable bonds is 7. The molecule has 5 nitrogen and oxygen atoms in total. The first-order chi connectivity index (χ1) is 9.63. The Hall–Kier alpha value is -1.53. The summed E-state index contributed by atoms with van der Waals surface area (Å²) in [6.07, 6.45) is 0. The molecule has 0 aliphatic rings. The Morgan fingerprint density at radius 1 is 1.40 bits per heavy atom. The number of aromatic nitrogens is 1. The number of benzene rings is 1. The minimum absolute atomic E-state index is 0.216. The van der Waals surface area contributed by atoms with Crippen LogP contribution in [0.2, 0.25) is 0 Å². The Morgan fingerprint density at radius 2 is 2.15 bits per heavy atom. The highest BCUT2D eigenvalue weighted by Crippen LogP contribution is 2.24. The van der Waals surface area contributed by atoms with Gasteiger partial charge < -0.3 is 14.4 Å². The van der Waals surface area contributed by atoms with Crippen molar-refractivity contribution in [3.8, 4) is 0 Å². The molecule has 0 radical (unpaired) electrons. The van der Waals surface area contributed by atoms with E-state index in [9.17, 15) is 4.79 Å². The van der Waals surface area contributed by atoms with Gasteiger partial charge in [0.05, 0.1) is 5.56 Å². The van der Waals surface area contributed by atoms with E-state index in [2.05, 4.69) is 23.7 Å². The van der Waals surface area contributed by atoms with Gasteiger partial charge in [-0.3, -0.25) is 0 Å². The lowest BCUT2D eigenvalue weighted by molar-refractivity contribution is 0.0697. The van der Waals surface area contributed by atoms with Gasteiger partial charge in [0.2, 0.25) is 0 Å². The largest absolute Gasteiger partial charge is 0.478 e. The van der Waals surface area contributed by atoms with E-state index in [0.717, 1.165) is 25.4 Å². The van der Waals surface area contributed by atoms with Crippen molar-refractivity contribution in [1.29, 1.82) is 0 Å². The van der Waals surface area contributed by atoms with Crippen LogP contribution in [0.15, 0.2) is 27.8 Å². The summed E-state index contributed by atoms with van der Waals surface area (Å²) >= 11 is 1.55. The van der Waals surface area contributed by atoms with Gasteiger partial charge in [-0.05, 0) is 31.3 Å². The molecule has 1 heterocycles. The van der Waals surface area contributed by atoms with Crippen molar-refractivity contribution in [2.75, 3.05) is 25.4 Å². The lowest BCUT2D eigenvalue weighted by Crippen LogP contribution is -2.25. The van der Waals surface area contributed by atoms with Crippen molar-refractivity contribution in [1.82, 2.24) is 9.88 Å². The van der Waals surface area contributed by atoms with Crippen molar-refractivity contribution < 1.29 is 14.3 Å². The molecular weight excluding hydrogens is 276 g/mol. The topological polar surface area (TPSA) is 66.6 Å². The van der Waals surface area contributed by atoms with Crippen LogP contribution in [0, 0.1) is 0 Å². The highest BCUT2D eigenvalue weighted by atomic mass is 32.2. The van der Waals surface area contributed by atoms with Crippen LogP contribution >= 0.6 is 11.8 Å². The number of fused-ring (bicyclic) bond motifs is 1. The molecule has 0 aliphatic heterocycles. The molecule has 0 saturated carbocycles. The zero-order valence-electron chi connectivity index (χ0n) is 11.6. The molecule has 2 aromatic rings. The van der Waals surface area contributed by atoms with Crippen molar-refractivity contribution in [2.45, 2.75) is 19.1 Å². The fraction of sp³-hybridized carbons (Fsp3) is 0.429. The van der Waals surface area contributed by atoms with Gasteiger partial charge in [0, 0.05) is 12.3 Å². The van der Waals surface area contributed by atoms with Crippen molar-refractivity contribution >= 4 is 28.8 Å². The smallest absolute Gasteiger partial charge is 0.335 e. The standard InChI is InChI=1S/C14H18N2O3S/c1-3-16(4-2)7-8-20-14-15-11-6-5-10(13(17)18)9-12(11)19-14/h5-6,9H,3-4,7-8H2,1-2H3,(H,17,18). The van der Waals surface area contributed by atoms with E-state index in [0.29, 0.717) is 16.3 Å². The van der Waals surface area contributed by atoms with Crippen LogP contribution in [0.4, 0.5) is 0 Å². The summed E-state index contributed by atoms with van der Waals surface area (Å²) in [7, 11) is 0. The molecule has 0 unspecified atom stereocenters. The zero-order valence-corrected chi connectivity index (χ0v) is 12.4. The summed E-state index contributed by atoms with van der Waals surface area (Å²) in [4.78, 5) is 17.6. The molecule has 1 aromatic heterocycles. The Balaban J connectivity index is 2.02. The van der Waals surface area contributed by atoms with Crippen LogP contribution in [0.1, 0.15) is 24.2 Å². The Morgan fingerprint density at radius 3 is 2.80 bits per heavy atom. The molecule has 0 bridgehead atoms. The second-order valence-electron chi connectivity index (χ2n) is 4.34. The van der Waals surface area contributed by atoms with Crippen LogP contribution in [0.5, 0.6) is 0 Å². The molecule has 2 rings (SSSR count). The van der Waals surface area contributed by atoms with E-state index in [-0.39, 0.29) is 5.56 Å². The number of carbonyl (C=O) groups is 1. The van der Waals surface area contributed by atoms with Crippen molar-refractivity contribution in [3.63, 3.8) is 0 Å². The van der Waals surface area contributed by atoms with Gasteiger partial charge in [-0.1, -0.05) is 25.6 Å². The number of thioether (sulfide) groups is 1. The minimum Gasteiger partial charge on any atom is -0.478 e. The van der Waals surface area contributed by atoms with E-state index >= 15 is 0 Å². The second kappa shape index (κ2) is 6.76. The maximum atomic E-state index is 10.9. The lowest BCUT2D eigenvalue weighted by Gasteiger charge is -2.16. The summed E-state index contributed by atoms with van der Waals surface area (Å²) < 4.78 is 5.58. The third-order valence-electron chi connectivity index (χ3n) is 3.14. The Kier molecular flexibility index (Phi) is 5.03. The molecule has 1 N–H and O–H groups in total. The summed E-state index contributed by atoms with van der Waals surface area (Å²) in [5.41, 5.74) is 1.43. The molecule has 0 fully saturated rings. The molecule has 0 saturated heterocycles. The number of hydrogen-bond donors (Lipinski definition) is 1. The van der Waals surface area contributed by atoms with E-state index in [1.165, 1.54) is 12.1 Å². The highest BCUT2D eigenvalue weighted by molar-refractivity contribution is 7.99. The van der Waals surface area contributed by atoms with Gasteiger partial charge in [0.25, 0.3) is 5.22 Å². The molecule has 0 amide bonds. The Labute approximate surface area is 122 Å². The first-order valence-electron chi connectivity index (χ1n) is 6.63. The molecular formula is C14H18N2O3S. The quantitative estimate of drug-likeness (QED) is 0.792. The highest BCUT2D eigenvalue weighted by Gasteiger charge is 2.10. The number of oxazole rings is 1. The van der Waals surface area contributed by atoms with Gasteiger partial charge in [0.1, 0.15) is 5.52 Å². The van der Waals surface area contributed by atoms with E-state index in [1.807, 2.05) is 0 Å². The molecule has 6 heteroatoms. The van der Waals surface area contributed by atoms with Crippen LogP contribution in [0.3, 0.4) is 0 Å². The van der Waals surface area contributed by atoms with Gasteiger partial charge >= 0.3 is 5.97 Å². The molecule has 0 atom stereocenters. The lowest BCUT2D eigenvalue weighted by atomic mass is 10.2. The second-order valence-corrected chi connectivity index (χ2v) is 5.39. The van der Waals surface area contributed by atoms with Crippen LogP contribution in [0.25, 0.3) is 11.1 Å². The van der Waals surface area contributed by atoms with E-state index in [1.54, 1.807) is 17.8 Å². The molecule has 1 aromatic carbocycles. The van der Waals surface area contributed by atoms with Crippen molar-refractivity contribution in [2.24, 2.45) is 0 Å². The van der Waals surface area contributed by atoms with Crippen molar-refractivity contribution in [3.05, 3.63) is 23.8 Å². The first-order valence-corrected chi connectivity index (χ1v) is 7.61. The summed E-state index contributed by atoms with van der Waals surface area (Å²) in [6, 6.07) is 4.73. The van der Waals surface area contributed by atoms with Gasteiger partial charge in [-0.15, -0.1) is 0 Å². The van der Waals surface area contributed by atoms with E-state index in [4.69, 9.17) is 9.52 Å². The summed E-state index contributed by atoms with van der Waals surface area (Å²) in [5.74, 6) is -0.0562. The third-order valence-corrected chi connectivity index (χ3v) is 3.95. The van der Waals surface area contributed by atoms with Crippen LogP contribution in [-0.2, 0) is 0 Å². The predicted octanol–water partition coefficient (Wildman–Crippen LogP) is 2.96. The number of carboxylic acid groups (broad SMARTS) is 1. The van der Waals surface area contributed by atoms with E-state index < -0.39 is 5.97 Å². The number of nitrogens with zero attached hydrogens (tertiary/aromatic N) is 2.